The second-order valence-corrected chi connectivity index (χ2v) is 8.90. The Balaban J connectivity index is 1.84. The molecule has 1 heterocycles. The Morgan fingerprint density at radius 3 is 2.11 bits per heavy atom. The largest absolute Gasteiger partial charge is 0.321 e. The van der Waals surface area contributed by atoms with Crippen LogP contribution in [0.25, 0.3) is 0 Å². The van der Waals surface area contributed by atoms with Crippen LogP contribution in [0.5, 0.6) is 0 Å². The molecule has 1 aromatic heterocycles. The van der Waals surface area contributed by atoms with Crippen molar-refractivity contribution in [2.24, 2.45) is 0 Å². The van der Waals surface area contributed by atoms with E-state index in [1.54, 1.807) is 0 Å². The number of pyridine rings is 1. The molecule has 3 rings (SSSR count). The highest BCUT2D eigenvalue weighted by atomic mass is 35.5. The Morgan fingerprint density at radius 1 is 0.964 bits per heavy atom. The molecule has 0 saturated carbocycles. The van der Waals surface area contributed by atoms with Crippen molar-refractivity contribution in [3.05, 3.63) is 82.0 Å². The number of rotatable bonds is 4. The fourth-order valence-electron chi connectivity index (χ4n) is 2.97. The highest BCUT2D eigenvalue weighted by molar-refractivity contribution is 7.91. The Bertz CT molecular complexity index is 1120. The molecular formula is C21H19ClN2O3S. The third kappa shape index (κ3) is 4.08. The van der Waals surface area contributed by atoms with Gasteiger partial charge in [0.15, 0.2) is 5.03 Å². The Morgan fingerprint density at radius 2 is 1.57 bits per heavy atom. The van der Waals surface area contributed by atoms with Gasteiger partial charge in [-0.1, -0.05) is 29.3 Å². The number of nitrogens with zero attached hydrogens (tertiary/aromatic N) is 1. The predicted octanol–water partition coefficient (Wildman–Crippen LogP) is 4.75. The van der Waals surface area contributed by atoms with Gasteiger partial charge in [0.05, 0.1) is 10.5 Å². The number of aromatic nitrogens is 1. The zero-order chi connectivity index (χ0) is 20.5. The first-order chi connectivity index (χ1) is 13.2. The van der Waals surface area contributed by atoms with Gasteiger partial charge in [-0.25, -0.2) is 13.4 Å². The van der Waals surface area contributed by atoms with Crippen LogP contribution < -0.4 is 5.32 Å². The molecule has 0 bridgehead atoms. The summed E-state index contributed by atoms with van der Waals surface area (Å²) in [5.41, 5.74) is 4.05. The highest BCUT2D eigenvalue weighted by Crippen LogP contribution is 2.24. The number of nitrogens with one attached hydrogen (secondary N) is 1. The van der Waals surface area contributed by atoms with E-state index in [4.69, 9.17) is 11.6 Å². The zero-order valence-electron chi connectivity index (χ0n) is 15.7. The fourth-order valence-corrected chi connectivity index (χ4v) is 4.27. The molecule has 0 aliphatic rings. The molecule has 0 atom stereocenters. The van der Waals surface area contributed by atoms with Crippen LogP contribution in [-0.2, 0) is 9.84 Å². The van der Waals surface area contributed by atoms with Gasteiger partial charge in [-0.2, -0.15) is 0 Å². The fraction of sp³-hybridized carbons (Fsp3) is 0.143. The summed E-state index contributed by atoms with van der Waals surface area (Å²) in [4.78, 5) is 16.6. The lowest BCUT2D eigenvalue weighted by Crippen LogP contribution is -2.15. The molecular weight excluding hydrogens is 396 g/mol. The number of anilines is 1. The maximum absolute atomic E-state index is 12.6. The molecule has 0 unspecified atom stereocenters. The first-order valence-electron chi connectivity index (χ1n) is 8.54. The summed E-state index contributed by atoms with van der Waals surface area (Å²) >= 11 is 5.81. The van der Waals surface area contributed by atoms with Crippen LogP contribution in [0.1, 0.15) is 27.0 Å². The van der Waals surface area contributed by atoms with Crippen molar-refractivity contribution in [2.75, 3.05) is 5.32 Å². The van der Waals surface area contributed by atoms with Gasteiger partial charge in [0, 0.05) is 16.9 Å². The lowest BCUT2D eigenvalue weighted by Gasteiger charge is -2.13. The summed E-state index contributed by atoms with van der Waals surface area (Å²) in [7, 11) is -3.78. The van der Waals surface area contributed by atoms with Crippen LogP contribution in [-0.4, -0.2) is 19.3 Å². The molecule has 1 N–H and O–H groups in total. The monoisotopic (exact) mass is 414 g/mol. The van der Waals surface area contributed by atoms with E-state index in [1.807, 2.05) is 32.9 Å². The van der Waals surface area contributed by atoms with Gasteiger partial charge in [0.2, 0.25) is 9.84 Å². The lowest BCUT2D eigenvalue weighted by atomic mass is 10.0. The molecule has 7 heteroatoms. The normalized spacial score (nSPS) is 11.3. The summed E-state index contributed by atoms with van der Waals surface area (Å²) in [6, 6.07) is 12.6. The summed E-state index contributed by atoms with van der Waals surface area (Å²) in [6.07, 6.45) is 1.26. The van der Waals surface area contributed by atoms with E-state index in [1.165, 1.54) is 42.6 Å². The quantitative estimate of drug-likeness (QED) is 0.668. The van der Waals surface area contributed by atoms with Crippen molar-refractivity contribution >= 4 is 33.0 Å². The Labute approximate surface area is 169 Å². The number of benzene rings is 2. The first kappa shape index (κ1) is 20.0. The molecule has 0 aliphatic carbocycles. The molecule has 3 aromatic rings. The number of carbonyl (C=O) groups is 1. The molecule has 144 valence electrons. The SMILES string of the molecule is Cc1cc(C)c(NC(=O)c2ccc(S(=O)(=O)c3ccc(Cl)cc3)nc2)c(C)c1. The van der Waals surface area contributed by atoms with Crippen molar-refractivity contribution in [1.82, 2.24) is 4.98 Å². The van der Waals surface area contributed by atoms with Crippen LogP contribution in [0.3, 0.4) is 0 Å². The molecule has 28 heavy (non-hydrogen) atoms. The molecule has 0 aliphatic heterocycles. The van der Waals surface area contributed by atoms with E-state index in [2.05, 4.69) is 10.3 Å². The van der Waals surface area contributed by atoms with E-state index >= 15 is 0 Å². The second kappa shape index (κ2) is 7.73. The number of amides is 1. The molecule has 0 saturated heterocycles. The maximum atomic E-state index is 12.6. The van der Waals surface area contributed by atoms with Crippen LogP contribution in [0.4, 0.5) is 5.69 Å². The number of aryl methyl sites for hydroxylation is 3. The minimum atomic E-state index is -3.78. The molecule has 2 aromatic carbocycles. The highest BCUT2D eigenvalue weighted by Gasteiger charge is 2.20. The van der Waals surface area contributed by atoms with Crippen LogP contribution in [0, 0.1) is 20.8 Å². The van der Waals surface area contributed by atoms with E-state index in [-0.39, 0.29) is 21.4 Å². The number of halogens is 1. The molecule has 5 nitrogen and oxygen atoms in total. The van der Waals surface area contributed by atoms with Crippen LogP contribution in [0.15, 0.2) is 64.6 Å². The van der Waals surface area contributed by atoms with Gasteiger partial charge in [0.25, 0.3) is 5.91 Å². The Kier molecular flexibility index (Phi) is 5.54. The van der Waals surface area contributed by atoms with E-state index < -0.39 is 9.84 Å². The van der Waals surface area contributed by atoms with E-state index in [0.29, 0.717) is 5.02 Å². The van der Waals surface area contributed by atoms with Crippen LogP contribution >= 0.6 is 11.6 Å². The lowest BCUT2D eigenvalue weighted by molar-refractivity contribution is 0.102. The van der Waals surface area contributed by atoms with Gasteiger partial charge >= 0.3 is 0 Å². The molecule has 0 fully saturated rings. The molecule has 0 radical (unpaired) electrons. The van der Waals surface area contributed by atoms with Gasteiger partial charge in [-0.3, -0.25) is 4.79 Å². The zero-order valence-corrected chi connectivity index (χ0v) is 17.2. The van der Waals surface area contributed by atoms with Crippen molar-refractivity contribution in [3.8, 4) is 0 Å². The average Bonchev–Trinajstić information content (AvgIpc) is 2.65. The van der Waals surface area contributed by atoms with Crippen molar-refractivity contribution in [2.45, 2.75) is 30.7 Å². The topological polar surface area (TPSA) is 76.1 Å². The minimum absolute atomic E-state index is 0.0903. The van der Waals surface area contributed by atoms with Crippen molar-refractivity contribution in [3.63, 3.8) is 0 Å². The van der Waals surface area contributed by atoms with E-state index in [9.17, 15) is 13.2 Å². The van der Waals surface area contributed by atoms with Gasteiger partial charge in [0.1, 0.15) is 0 Å². The standard InChI is InChI=1S/C21H19ClN2O3S/c1-13-10-14(2)20(15(3)11-13)24-21(25)16-4-9-19(23-12-16)28(26,27)18-7-5-17(22)6-8-18/h4-12H,1-3H3,(H,24,25). The number of carbonyl (C=O) groups excluding carboxylic acids is 1. The number of hydrogen-bond acceptors (Lipinski definition) is 4. The second-order valence-electron chi connectivity index (χ2n) is 6.57. The molecule has 0 spiro atoms. The summed E-state index contributed by atoms with van der Waals surface area (Å²) in [6.45, 7) is 5.85. The third-order valence-corrected chi connectivity index (χ3v) is 6.25. The number of sulfone groups is 1. The Hall–Kier alpha value is -2.70. The predicted molar refractivity (Wildman–Crippen MR) is 110 cm³/mol. The molecule has 1 amide bonds. The average molecular weight is 415 g/mol. The summed E-state index contributed by atoms with van der Waals surface area (Å²) in [5, 5.41) is 3.19. The number of hydrogen-bond donors (Lipinski definition) is 1. The summed E-state index contributed by atoms with van der Waals surface area (Å²) < 4.78 is 25.3. The minimum Gasteiger partial charge on any atom is -0.321 e. The van der Waals surface area contributed by atoms with Gasteiger partial charge in [-0.05, 0) is 68.3 Å². The van der Waals surface area contributed by atoms with Gasteiger partial charge in [-0.15, -0.1) is 0 Å². The maximum Gasteiger partial charge on any atom is 0.257 e. The van der Waals surface area contributed by atoms with Crippen molar-refractivity contribution in [1.29, 1.82) is 0 Å². The van der Waals surface area contributed by atoms with Gasteiger partial charge < -0.3 is 5.32 Å². The summed E-state index contributed by atoms with van der Waals surface area (Å²) in [5.74, 6) is -0.349. The first-order valence-corrected chi connectivity index (χ1v) is 10.4. The van der Waals surface area contributed by atoms with Crippen molar-refractivity contribution < 1.29 is 13.2 Å². The van der Waals surface area contributed by atoms with Crippen LogP contribution in [0.2, 0.25) is 5.02 Å². The van der Waals surface area contributed by atoms with E-state index in [0.717, 1.165) is 22.4 Å². The third-order valence-electron chi connectivity index (χ3n) is 4.31. The smallest absolute Gasteiger partial charge is 0.257 e.